The molecule has 0 saturated heterocycles. The summed E-state index contributed by atoms with van der Waals surface area (Å²) in [7, 11) is 0. The highest BCUT2D eigenvalue weighted by Crippen LogP contribution is 2.23. The molecule has 1 N–H and O–H groups in total. The van der Waals surface area contributed by atoms with Crippen molar-refractivity contribution in [1.29, 1.82) is 0 Å². The zero-order chi connectivity index (χ0) is 18.9. The summed E-state index contributed by atoms with van der Waals surface area (Å²) in [5.74, 6) is 0.320. The van der Waals surface area contributed by atoms with Gasteiger partial charge >= 0.3 is 0 Å². The number of hydrogen-bond acceptors (Lipinski definition) is 4. The first-order valence-electron chi connectivity index (χ1n) is 8.72. The van der Waals surface area contributed by atoms with Crippen molar-refractivity contribution in [3.63, 3.8) is 0 Å². The summed E-state index contributed by atoms with van der Waals surface area (Å²) in [5, 5.41) is 5.55. The normalized spacial score (nSPS) is 11.8. The fourth-order valence-corrected chi connectivity index (χ4v) is 2.81. The van der Waals surface area contributed by atoms with Crippen molar-refractivity contribution in [2.75, 3.05) is 18.4 Å². The third kappa shape index (κ3) is 5.88. The molecule has 0 spiro atoms. The number of aromatic nitrogens is 1. The predicted octanol–water partition coefficient (Wildman–Crippen LogP) is 3.92. The molecule has 7 heteroatoms. The minimum absolute atomic E-state index is 0.0789. The lowest BCUT2D eigenvalue weighted by atomic mass is 10.1. The Labute approximate surface area is 158 Å². The molecule has 0 unspecified atom stereocenters. The minimum atomic E-state index is -0.820. The maximum absolute atomic E-state index is 12.8. The van der Waals surface area contributed by atoms with E-state index in [1.807, 2.05) is 18.2 Å². The maximum atomic E-state index is 12.8. The summed E-state index contributed by atoms with van der Waals surface area (Å²) in [6.45, 7) is 4.22. The molecule has 2 rings (SSSR count). The van der Waals surface area contributed by atoms with Gasteiger partial charge in [0.25, 0.3) is 0 Å². The van der Waals surface area contributed by atoms with Crippen LogP contribution >= 0.6 is 11.6 Å². The number of nitrogens with one attached hydrogen (secondary N) is 1. The number of unbranched alkanes of at least 4 members (excludes halogenated alkanes) is 2. The van der Waals surface area contributed by atoms with Crippen LogP contribution in [0.2, 0.25) is 0 Å². The van der Waals surface area contributed by atoms with Crippen molar-refractivity contribution in [2.24, 2.45) is 0 Å². The minimum Gasteiger partial charge on any atom is -0.360 e. The maximum Gasteiger partial charge on any atom is 0.245 e. The van der Waals surface area contributed by atoms with Crippen molar-refractivity contribution in [3.05, 3.63) is 47.7 Å². The average Bonchev–Trinajstić information content (AvgIpc) is 3.05. The number of rotatable bonds is 9. The van der Waals surface area contributed by atoms with Crippen LogP contribution in [0, 0.1) is 6.92 Å². The van der Waals surface area contributed by atoms with Gasteiger partial charge in [-0.2, -0.15) is 0 Å². The highest BCUT2D eigenvalue weighted by atomic mass is 35.5. The fraction of sp³-hybridized carbons (Fsp3) is 0.421. The van der Waals surface area contributed by atoms with Crippen molar-refractivity contribution in [2.45, 2.75) is 38.5 Å². The number of carbonyl (C=O) groups is 2. The summed E-state index contributed by atoms with van der Waals surface area (Å²) in [4.78, 5) is 26.6. The SMILES string of the molecule is CCCCCN(CC(=O)Nc1cc(C)on1)C(=O)[C@@H](Cl)c1ccccc1. The number of nitrogens with zero attached hydrogens (tertiary/aromatic N) is 2. The standard InChI is InChI=1S/C19H24ClN3O3/c1-3-4-8-11-23(13-17(24)21-16-12-14(2)26-22-16)19(25)18(20)15-9-6-5-7-10-15/h5-7,9-10,12,18H,3-4,8,11,13H2,1-2H3,(H,21,22,24)/t18-/m0/s1. The zero-order valence-electron chi connectivity index (χ0n) is 15.1. The zero-order valence-corrected chi connectivity index (χ0v) is 15.8. The summed E-state index contributed by atoms with van der Waals surface area (Å²) >= 11 is 6.36. The van der Waals surface area contributed by atoms with Crippen LogP contribution in [-0.2, 0) is 9.59 Å². The third-order valence-corrected chi connectivity index (χ3v) is 4.32. The molecule has 0 aliphatic rings. The van der Waals surface area contributed by atoms with Gasteiger partial charge in [-0.3, -0.25) is 9.59 Å². The van der Waals surface area contributed by atoms with Crippen LogP contribution in [0.4, 0.5) is 5.82 Å². The van der Waals surface area contributed by atoms with Gasteiger partial charge in [-0.25, -0.2) is 0 Å². The van der Waals surface area contributed by atoms with E-state index in [2.05, 4.69) is 17.4 Å². The number of carbonyl (C=O) groups excluding carboxylic acids is 2. The molecule has 1 aromatic carbocycles. The molecule has 0 saturated carbocycles. The lowest BCUT2D eigenvalue weighted by Gasteiger charge is -2.24. The van der Waals surface area contributed by atoms with Crippen molar-refractivity contribution in [1.82, 2.24) is 10.1 Å². The smallest absolute Gasteiger partial charge is 0.245 e. The van der Waals surface area contributed by atoms with E-state index < -0.39 is 5.38 Å². The number of halogens is 1. The number of aryl methyl sites for hydroxylation is 1. The molecular weight excluding hydrogens is 354 g/mol. The van der Waals surface area contributed by atoms with Gasteiger partial charge in [0.05, 0.1) is 6.54 Å². The number of alkyl halides is 1. The van der Waals surface area contributed by atoms with Gasteiger partial charge in [-0.15, -0.1) is 11.6 Å². The Bertz CT molecular complexity index is 718. The summed E-state index contributed by atoms with van der Waals surface area (Å²) in [6, 6.07) is 10.8. The first-order chi connectivity index (χ1) is 12.5. The largest absolute Gasteiger partial charge is 0.360 e. The van der Waals surface area contributed by atoms with Gasteiger partial charge in [-0.05, 0) is 18.9 Å². The highest BCUT2D eigenvalue weighted by Gasteiger charge is 2.25. The number of amides is 2. The van der Waals surface area contributed by atoms with Crippen LogP contribution in [0.5, 0.6) is 0 Å². The van der Waals surface area contributed by atoms with Gasteiger partial charge in [0.2, 0.25) is 11.8 Å². The Balaban J connectivity index is 2.03. The molecule has 2 amide bonds. The fourth-order valence-electron chi connectivity index (χ4n) is 2.53. The topological polar surface area (TPSA) is 75.4 Å². The van der Waals surface area contributed by atoms with Gasteiger partial charge in [0.15, 0.2) is 5.82 Å². The van der Waals surface area contributed by atoms with Crippen molar-refractivity contribution < 1.29 is 14.1 Å². The molecule has 1 aromatic heterocycles. The Morgan fingerprint density at radius 1 is 1.27 bits per heavy atom. The van der Waals surface area contributed by atoms with Crippen LogP contribution in [0.3, 0.4) is 0 Å². The number of benzene rings is 1. The second kappa shape index (κ2) is 9.97. The van der Waals surface area contributed by atoms with E-state index in [9.17, 15) is 9.59 Å². The first kappa shape index (κ1) is 20.0. The van der Waals surface area contributed by atoms with Crippen LogP contribution in [0.15, 0.2) is 40.9 Å². The Kier molecular flexibility index (Phi) is 7.66. The van der Waals surface area contributed by atoms with E-state index in [1.165, 1.54) is 4.90 Å². The Morgan fingerprint density at radius 2 is 2.00 bits per heavy atom. The van der Waals surface area contributed by atoms with E-state index >= 15 is 0 Å². The molecule has 0 fully saturated rings. The van der Waals surface area contributed by atoms with E-state index in [0.29, 0.717) is 23.7 Å². The van der Waals surface area contributed by atoms with Crippen molar-refractivity contribution >= 4 is 29.2 Å². The predicted molar refractivity (Wildman–Crippen MR) is 101 cm³/mol. The summed E-state index contributed by atoms with van der Waals surface area (Å²) in [6.07, 6.45) is 2.82. The molecular formula is C19H24ClN3O3. The van der Waals surface area contributed by atoms with Gasteiger partial charge in [-0.1, -0.05) is 55.3 Å². The summed E-state index contributed by atoms with van der Waals surface area (Å²) in [5.41, 5.74) is 0.715. The van der Waals surface area contributed by atoms with Gasteiger partial charge in [0.1, 0.15) is 11.1 Å². The first-order valence-corrected chi connectivity index (χ1v) is 9.16. The van der Waals surface area contributed by atoms with Crippen LogP contribution in [-0.4, -0.2) is 35.0 Å². The van der Waals surface area contributed by atoms with Crippen LogP contribution in [0.1, 0.15) is 42.9 Å². The van der Waals surface area contributed by atoms with E-state index in [0.717, 1.165) is 19.3 Å². The Morgan fingerprint density at radius 3 is 2.62 bits per heavy atom. The molecule has 26 heavy (non-hydrogen) atoms. The molecule has 2 aromatic rings. The van der Waals surface area contributed by atoms with E-state index in [4.69, 9.17) is 16.1 Å². The quantitative estimate of drug-likeness (QED) is 0.530. The van der Waals surface area contributed by atoms with Gasteiger partial charge < -0.3 is 14.7 Å². The van der Waals surface area contributed by atoms with Crippen LogP contribution < -0.4 is 5.32 Å². The lowest BCUT2D eigenvalue weighted by molar-refractivity contribution is -0.134. The molecule has 0 aliphatic carbocycles. The van der Waals surface area contributed by atoms with E-state index in [-0.39, 0.29) is 18.4 Å². The average molecular weight is 378 g/mol. The van der Waals surface area contributed by atoms with Crippen molar-refractivity contribution in [3.8, 4) is 0 Å². The molecule has 0 aliphatic heterocycles. The number of anilines is 1. The summed E-state index contributed by atoms with van der Waals surface area (Å²) < 4.78 is 4.93. The molecule has 0 radical (unpaired) electrons. The molecule has 1 atom stereocenters. The second-order valence-corrected chi connectivity index (χ2v) is 6.55. The lowest BCUT2D eigenvalue weighted by Crippen LogP contribution is -2.40. The van der Waals surface area contributed by atoms with Gasteiger partial charge in [0, 0.05) is 12.6 Å². The van der Waals surface area contributed by atoms with E-state index in [1.54, 1.807) is 25.1 Å². The Hall–Kier alpha value is -2.34. The third-order valence-electron chi connectivity index (χ3n) is 3.88. The highest BCUT2D eigenvalue weighted by molar-refractivity contribution is 6.30. The monoisotopic (exact) mass is 377 g/mol. The molecule has 140 valence electrons. The van der Waals surface area contributed by atoms with Crippen LogP contribution in [0.25, 0.3) is 0 Å². The molecule has 0 bridgehead atoms. The molecule has 6 nitrogen and oxygen atoms in total. The number of hydrogen-bond donors (Lipinski definition) is 1. The second-order valence-electron chi connectivity index (χ2n) is 6.11. The molecule has 1 heterocycles.